The first kappa shape index (κ1) is 22.9. The van der Waals surface area contributed by atoms with Crippen LogP contribution in [0.5, 0.6) is 0 Å². The summed E-state index contributed by atoms with van der Waals surface area (Å²) in [7, 11) is 4.04. The van der Waals surface area contributed by atoms with Crippen LogP contribution in [0.4, 0.5) is 16.4 Å². The van der Waals surface area contributed by atoms with Gasteiger partial charge in [0.1, 0.15) is 12.2 Å². The van der Waals surface area contributed by atoms with Crippen LogP contribution in [-0.2, 0) is 9.47 Å². The van der Waals surface area contributed by atoms with Crippen molar-refractivity contribution in [2.24, 2.45) is 0 Å². The van der Waals surface area contributed by atoms with E-state index in [1.165, 1.54) is 19.3 Å². The minimum Gasteiger partial charge on any atom is -0.378 e. The summed E-state index contributed by atoms with van der Waals surface area (Å²) in [4.78, 5) is 23.7. The topological polar surface area (TPSA) is 101 Å². The lowest BCUT2D eigenvalue weighted by molar-refractivity contribution is 0.0681. The highest BCUT2D eigenvalue weighted by molar-refractivity contribution is 5.74. The molecule has 34 heavy (non-hydrogen) atoms. The summed E-state index contributed by atoms with van der Waals surface area (Å²) in [5.74, 6) is 0.540. The number of amides is 2. The summed E-state index contributed by atoms with van der Waals surface area (Å²) in [6.07, 6.45) is 7.16. The van der Waals surface area contributed by atoms with Crippen LogP contribution in [-0.4, -0.2) is 73.6 Å². The molecule has 3 aliphatic rings. The Labute approximate surface area is 200 Å². The van der Waals surface area contributed by atoms with Crippen LogP contribution in [0.3, 0.4) is 0 Å². The molecule has 1 saturated carbocycles. The molecule has 2 aliphatic heterocycles. The third kappa shape index (κ3) is 5.10. The van der Waals surface area contributed by atoms with Gasteiger partial charge in [-0.05, 0) is 31.0 Å². The van der Waals surface area contributed by atoms with Crippen molar-refractivity contribution >= 4 is 17.7 Å². The van der Waals surface area contributed by atoms with Gasteiger partial charge in [-0.3, -0.25) is 0 Å². The third-order valence-corrected chi connectivity index (χ3v) is 6.96. The number of hydrogen-bond donors (Lipinski definition) is 3. The molecule has 3 N–H and O–H groups in total. The molecule has 5 rings (SSSR count). The Morgan fingerprint density at radius 2 is 1.65 bits per heavy atom. The minimum absolute atomic E-state index is 0.0791. The number of carbonyl (C=O) groups excluding carboxylic acids is 1. The molecule has 4 atom stereocenters. The maximum atomic E-state index is 12.5. The average molecular weight is 467 g/mol. The molecule has 1 aliphatic carbocycles. The summed E-state index contributed by atoms with van der Waals surface area (Å²) < 4.78 is 12.1. The smallest absolute Gasteiger partial charge is 0.315 e. The zero-order valence-corrected chi connectivity index (χ0v) is 19.9. The first-order valence-electron chi connectivity index (χ1n) is 12.2. The number of benzene rings is 1. The third-order valence-electron chi connectivity index (χ3n) is 6.96. The van der Waals surface area contributed by atoms with Crippen molar-refractivity contribution in [3.63, 3.8) is 0 Å². The molecule has 1 aromatic carbocycles. The number of nitrogens with one attached hydrogen (secondary N) is 3. The summed E-state index contributed by atoms with van der Waals surface area (Å²) in [6, 6.07) is 10.1. The molecule has 0 spiro atoms. The van der Waals surface area contributed by atoms with Gasteiger partial charge >= 0.3 is 6.03 Å². The number of urea groups is 1. The molecular formula is C25H34N6O3. The predicted octanol–water partition coefficient (Wildman–Crippen LogP) is 2.79. The Bertz CT molecular complexity index is 979. The number of fused-ring (bicyclic) bond motifs is 1. The van der Waals surface area contributed by atoms with Gasteiger partial charge in [0, 0.05) is 37.6 Å². The summed E-state index contributed by atoms with van der Waals surface area (Å²) >= 11 is 0. The van der Waals surface area contributed by atoms with Gasteiger partial charge in [0.25, 0.3) is 0 Å². The summed E-state index contributed by atoms with van der Waals surface area (Å²) in [5, 5.41) is 9.55. The van der Waals surface area contributed by atoms with Crippen molar-refractivity contribution in [2.45, 2.75) is 62.4 Å². The normalized spacial score (nSPS) is 26.6. The zero-order valence-electron chi connectivity index (χ0n) is 19.9. The number of hydrogen-bond acceptors (Lipinski definition) is 7. The number of aromatic nitrogens is 2. The molecule has 1 aromatic heterocycles. The largest absolute Gasteiger partial charge is 0.378 e. The highest BCUT2D eigenvalue weighted by Crippen LogP contribution is 2.29. The van der Waals surface area contributed by atoms with Crippen molar-refractivity contribution in [3.8, 4) is 11.3 Å². The van der Waals surface area contributed by atoms with Gasteiger partial charge in [-0.1, -0.05) is 31.4 Å². The number of carbonyl (C=O) groups is 1. The molecule has 182 valence electrons. The lowest BCUT2D eigenvalue weighted by atomic mass is 9.96. The first-order valence-corrected chi connectivity index (χ1v) is 12.2. The molecule has 2 aromatic rings. The molecule has 9 nitrogen and oxygen atoms in total. The molecule has 2 saturated heterocycles. The maximum Gasteiger partial charge on any atom is 0.315 e. The fourth-order valence-corrected chi connectivity index (χ4v) is 5.07. The summed E-state index contributed by atoms with van der Waals surface area (Å²) in [6.45, 7) is 0.910. The Kier molecular flexibility index (Phi) is 6.82. The van der Waals surface area contributed by atoms with Crippen molar-refractivity contribution in [1.29, 1.82) is 0 Å². The Morgan fingerprint density at radius 1 is 0.941 bits per heavy atom. The number of ether oxygens (including phenoxy) is 2. The van der Waals surface area contributed by atoms with Crippen molar-refractivity contribution in [2.75, 3.05) is 37.5 Å². The lowest BCUT2D eigenvalue weighted by Gasteiger charge is -2.24. The SMILES string of the molecule is CN(C)c1ccc(-c2ccnc(N[C@H]3CO[C@H]4[C@@H]3OC[C@@H]4NC(=O)NC3CCCCC3)n2)cc1. The van der Waals surface area contributed by atoms with E-state index in [0.717, 1.165) is 29.8 Å². The van der Waals surface area contributed by atoms with Gasteiger partial charge in [-0.2, -0.15) is 0 Å². The van der Waals surface area contributed by atoms with Crippen LogP contribution in [0.25, 0.3) is 11.3 Å². The molecule has 9 heteroatoms. The second-order valence-corrected chi connectivity index (χ2v) is 9.61. The highest BCUT2D eigenvalue weighted by atomic mass is 16.6. The van der Waals surface area contributed by atoms with Gasteiger partial charge in [0.2, 0.25) is 5.95 Å². The Morgan fingerprint density at radius 3 is 2.38 bits per heavy atom. The van der Waals surface area contributed by atoms with Crippen LogP contribution in [0, 0.1) is 0 Å². The molecule has 3 fully saturated rings. The van der Waals surface area contributed by atoms with E-state index in [1.54, 1.807) is 6.20 Å². The lowest BCUT2D eigenvalue weighted by Crippen LogP contribution is -2.51. The number of anilines is 2. The molecule has 3 heterocycles. The fraction of sp³-hybridized carbons (Fsp3) is 0.560. The van der Waals surface area contributed by atoms with Crippen molar-refractivity contribution in [1.82, 2.24) is 20.6 Å². The minimum atomic E-state index is -0.184. The molecule has 0 unspecified atom stereocenters. The maximum absolute atomic E-state index is 12.5. The number of rotatable bonds is 6. The van der Waals surface area contributed by atoms with E-state index in [2.05, 4.69) is 50.1 Å². The van der Waals surface area contributed by atoms with Crippen molar-refractivity contribution < 1.29 is 14.3 Å². The quantitative estimate of drug-likeness (QED) is 0.602. The second kappa shape index (κ2) is 10.1. The van der Waals surface area contributed by atoms with E-state index in [1.807, 2.05) is 20.2 Å². The van der Waals surface area contributed by atoms with Gasteiger partial charge in [-0.25, -0.2) is 14.8 Å². The van der Waals surface area contributed by atoms with Gasteiger partial charge in [0.15, 0.2) is 0 Å². The van der Waals surface area contributed by atoms with Crippen LogP contribution in [0.1, 0.15) is 32.1 Å². The molecule has 2 amide bonds. The molecule has 0 bridgehead atoms. The highest BCUT2D eigenvalue weighted by Gasteiger charge is 2.48. The average Bonchev–Trinajstić information content (AvgIpc) is 3.43. The second-order valence-electron chi connectivity index (χ2n) is 9.61. The first-order chi connectivity index (χ1) is 16.6. The van der Waals surface area contributed by atoms with E-state index in [-0.39, 0.29) is 36.4 Å². The van der Waals surface area contributed by atoms with E-state index in [4.69, 9.17) is 14.5 Å². The van der Waals surface area contributed by atoms with Crippen LogP contribution in [0.15, 0.2) is 36.5 Å². The monoisotopic (exact) mass is 466 g/mol. The van der Waals surface area contributed by atoms with Gasteiger partial charge in [-0.15, -0.1) is 0 Å². The fourth-order valence-electron chi connectivity index (χ4n) is 5.07. The van der Waals surface area contributed by atoms with Crippen LogP contribution in [0.2, 0.25) is 0 Å². The van der Waals surface area contributed by atoms with E-state index in [9.17, 15) is 4.79 Å². The van der Waals surface area contributed by atoms with Crippen molar-refractivity contribution in [3.05, 3.63) is 36.5 Å². The van der Waals surface area contributed by atoms with Crippen LogP contribution < -0.4 is 20.9 Å². The summed E-state index contributed by atoms with van der Waals surface area (Å²) in [5.41, 5.74) is 3.02. The van der Waals surface area contributed by atoms with Crippen LogP contribution >= 0.6 is 0 Å². The van der Waals surface area contributed by atoms with E-state index < -0.39 is 0 Å². The zero-order chi connectivity index (χ0) is 23.5. The Hall–Kier alpha value is -2.91. The molecule has 0 radical (unpaired) electrons. The van der Waals surface area contributed by atoms with E-state index >= 15 is 0 Å². The Balaban J connectivity index is 1.17. The predicted molar refractivity (Wildman–Crippen MR) is 131 cm³/mol. The molecular weight excluding hydrogens is 432 g/mol. The number of nitrogens with zero attached hydrogens (tertiary/aromatic N) is 3. The van der Waals surface area contributed by atoms with E-state index in [0.29, 0.717) is 19.2 Å². The van der Waals surface area contributed by atoms with Gasteiger partial charge in [0.05, 0.1) is 31.0 Å². The van der Waals surface area contributed by atoms with Gasteiger partial charge < -0.3 is 30.3 Å². The standard InChI is InChI=1S/C25H34N6O3/c1-31(2)18-10-8-16(9-11-18)19-12-13-26-24(28-19)29-20-14-33-23-21(15-34-22(20)23)30-25(32)27-17-6-4-3-5-7-17/h8-13,17,20-23H,3-7,14-15H2,1-2H3,(H,26,28,29)(H2,27,30,32)/t20-,21-,22+,23+/m0/s1.